The van der Waals surface area contributed by atoms with Crippen molar-refractivity contribution in [1.29, 1.82) is 0 Å². The van der Waals surface area contributed by atoms with Gasteiger partial charge in [0.1, 0.15) is 0 Å². The molecule has 0 aromatic heterocycles. The molecule has 0 bridgehead atoms. The summed E-state index contributed by atoms with van der Waals surface area (Å²) in [5.74, 6) is 0. The van der Waals surface area contributed by atoms with Crippen molar-refractivity contribution in [1.82, 2.24) is 0 Å². The van der Waals surface area contributed by atoms with Gasteiger partial charge in [0, 0.05) is 0 Å². The summed E-state index contributed by atoms with van der Waals surface area (Å²) in [5.41, 5.74) is 0. The van der Waals surface area contributed by atoms with E-state index in [0.29, 0.717) is 0 Å². The Labute approximate surface area is 114 Å². The molecule has 3 N–H and O–H groups in total. The van der Waals surface area contributed by atoms with Gasteiger partial charge in [0.05, 0.1) is 0 Å². The first kappa shape index (κ1) is 24.0. The zero-order valence-electron chi connectivity index (χ0n) is 8.74. The Bertz CT molecular complexity index is 45.9. The average Bonchev–Trinajstić information content (AvgIpc) is 2.03. The Kier molecular flexibility index (Phi) is 53.9. The first-order valence-corrected chi connectivity index (χ1v) is 5.21. The molecule has 0 saturated carbocycles. The largest absolute Gasteiger partial charge is 2.00 e. The van der Waals surface area contributed by atoms with Crippen LogP contribution in [0.4, 0.5) is 0 Å². The Morgan fingerprint density at radius 2 is 1.00 bits per heavy atom. The molecule has 0 heterocycles. The second-order valence-electron chi connectivity index (χ2n) is 1.98. The van der Waals surface area contributed by atoms with Crippen molar-refractivity contribution < 1.29 is 14.7 Å². The molecule has 0 fully saturated rings. The molecule has 0 radical (unpaired) electrons. The predicted molar refractivity (Wildman–Crippen MR) is 59.9 cm³/mol. The van der Waals surface area contributed by atoms with Crippen molar-refractivity contribution in [3.8, 4) is 0 Å². The minimum Gasteiger partial charge on any atom is -0.343 e. The molecule has 0 aliphatic carbocycles. The molecular formula is C8H21CaO3P. The summed E-state index contributed by atoms with van der Waals surface area (Å²) in [5, 5.41) is 0. The maximum atomic E-state index is 7.23. The van der Waals surface area contributed by atoms with Crippen LogP contribution in [-0.4, -0.2) is 52.4 Å². The third kappa shape index (κ3) is 143. The van der Waals surface area contributed by atoms with Gasteiger partial charge in [-0.2, -0.15) is 12.8 Å². The van der Waals surface area contributed by atoms with E-state index in [1.54, 1.807) is 0 Å². The molecule has 0 unspecified atom stereocenters. The summed E-state index contributed by atoms with van der Waals surface area (Å²) in [6, 6.07) is 0. The van der Waals surface area contributed by atoms with Crippen molar-refractivity contribution >= 4 is 46.3 Å². The topological polar surface area (TPSA) is 60.7 Å². The Morgan fingerprint density at radius 3 is 1.00 bits per heavy atom. The number of unbranched alkanes of at least 4 members (excludes halogenated alkanes) is 2. The van der Waals surface area contributed by atoms with E-state index in [9.17, 15) is 0 Å². The molecule has 0 amide bonds. The second kappa shape index (κ2) is 29.2. The second-order valence-corrected chi connectivity index (χ2v) is 2.51. The van der Waals surface area contributed by atoms with E-state index in [1.165, 1.54) is 12.8 Å². The third-order valence-electron chi connectivity index (χ3n) is 0.707. The van der Waals surface area contributed by atoms with Gasteiger partial charge in [0.15, 0.2) is 0 Å². The summed E-state index contributed by atoms with van der Waals surface area (Å²) in [6.07, 6.45) is 4.56. The number of hydrogen-bond acceptors (Lipinski definition) is 3. The summed E-state index contributed by atoms with van der Waals surface area (Å²) >= 11 is 0. The fourth-order valence-electron chi connectivity index (χ4n) is 0. The smallest absolute Gasteiger partial charge is 0.343 e. The molecular weight excluding hydrogens is 215 g/mol. The normalized spacial score (nSPS) is 7.38. The van der Waals surface area contributed by atoms with E-state index in [4.69, 9.17) is 14.7 Å². The molecule has 5 heteroatoms. The van der Waals surface area contributed by atoms with Crippen molar-refractivity contribution in [2.24, 2.45) is 0 Å². The predicted octanol–water partition coefficient (Wildman–Crippen LogP) is 2.05. The van der Waals surface area contributed by atoms with Gasteiger partial charge in [-0.3, -0.25) is 0 Å². The molecule has 0 aromatic carbocycles. The molecule has 0 aromatic rings. The van der Waals surface area contributed by atoms with E-state index in [1.807, 2.05) is 0 Å². The van der Waals surface area contributed by atoms with Crippen LogP contribution in [0.5, 0.6) is 0 Å². The van der Waals surface area contributed by atoms with Crippen LogP contribution in [0.2, 0.25) is 0 Å². The number of rotatable bonds is 2. The molecule has 0 aliphatic rings. The van der Waals surface area contributed by atoms with Crippen LogP contribution < -0.4 is 0 Å². The van der Waals surface area contributed by atoms with Crippen LogP contribution in [0.1, 0.15) is 39.5 Å². The van der Waals surface area contributed by atoms with Crippen LogP contribution in [-0.2, 0) is 0 Å². The van der Waals surface area contributed by atoms with E-state index in [2.05, 4.69) is 27.7 Å². The van der Waals surface area contributed by atoms with Gasteiger partial charge >= 0.3 is 46.3 Å². The Morgan fingerprint density at radius 1 is 0.923 bits per heavy atom. The fraction of sp³-hybridized carbons (Fsp3) is 0.750. The summed E-state index contributed by atoms with van der Waals surface area (Å²) in [4.78, 5) is 21.7. The fourth-order valence-corrected chi connectivity index (χ4v) is 0. The summed E-state index contributed by atoms with van der Waals surface area (Å²) < 4.78 is 0. The van der Waals surface area contributed by atoms with Crippen LogP contribution in [0.25, 0.3) is 0 Å². The standard InChI is InChI=1S/2C4H9.Ca.H3O3P/c2*1-3-4-2;;1-4(2)3/h2*1,3-4H2,2H3;;1-3H/q2*-1;+2;. The van der Waals surface area contributed by atoms with Gasteiger partial charge < -0.3 is 28.5 Å². The van der Waals surface area contributed by atoms with Gasteiger partial charge in [0.2, 0.25) is 0 Å². The van der Waals surface area contributed by atoms with Gasteiger partial charge in [-0.15, -0.1) is 0 Å². The average molecular weight is 236 g/mol. The van der Waals surface area contributed by atoms with Crippen molar-refractivity contribution in [2.45, 2.75) is 39.5 Å². The first-order valence-electron chi connectivity index (χ1n) is 4.01. The van der Waals surface area contributed by atoms with Gasteiger partial charge in [0.25, 0.3) is 0 Å². The number of hydrogen-bond donors (Lipinski definition) is 3. The molecule has 0 saturated heterocycles. The summed E-state index contributed by atoms with van der Waals surface area (Å²) in [6.45, 7) is 11.4. The van der Waals surface area contributed by atoms with Crippen molar-refractivity contribution in [2.75, 3.05) is 0 Å². The SMILES string of the molecule is OP(O)O.[CH2-]CCC.[CH2-]CCC.[Ca+2]. The van der Waals surface area contributed by atoms with Crippen LogP contribution in [0.15, 0.2) is 0 Å². The monoisotopic (exact) mass is 236 g/mol. The third-order valence-corrected chi connectivity index (χ3v) is 0.707. The molecule has 0 rings (SSSR count). The molecule has 13 heavy (non-hydrogen) atoms. The molecule has 0 aliphatic heterocycles. The molecule has 0 spiro atoms. The van der Waals surface area contributed by atoms with Crippen LogP contribution in [0, 0.1) is 13.8 Å². The zero-order chi connectivity index (χ0) is 10.4. The van der Waals surface area contributed by atoms with Gasteiger partial charge in [-0.25, -0.2) is 0 Å². The van der Waals surface area contributed by atoms with E-state index < -0.39 is 8.60 Å². The van der Waals surface area contributed by atoms with Crippen LogP contribution >= 0.6 is 8.60 Å². The maximum Gasteiger partial charge on any atom is 2.00 e. The molecule has 78 valence electrons. The van der Waals surface area contributed by atoms with E-state index >= 15 is 0 Å². The quantitative estimate of drug-likeness (QED) is 0.390. The van der Waals surface area contributed by atoms with Crippen molar-refractivity contribution in [3.05, 3.63) is 13.8 Å². The van der Waals surface area contributed by atoms with E-state index in [0.717, 1.165) is 12.8 Å². The first-order chi connectivity index (χ1) is 5.56. The Hall–Kier alpha value is 1.57. The van der Waals surface area contributed by atoms with Crippen LogP contribution in [0.3, 0.4) is 0 Å². The maximum absolute atomic E-state index is 7.23. The minimum absolute atomic E-state index is 0. The molecule has 3 nitrogen and oxygen atoms in total. The Balaban J connectivity index is -0.0000000450. The molecule has 0 atom stereocenters. The summed E-state index contributed by atoms with van der Waals surface area (Å²) in [7, 11) is -2.62. The van der Waals surface area contributed by atoms with Gasteiger partial charge in [-0.05, 0) is 0 Å². The van der Waals surface area contributed by atoms with Crippen molar-refractivity contribution in [3.63, 3.8) is 0 Å². The van der Waals surface area contributed by atoms with Gasteiger partial charge in [-0.1, -0.05) is 26.7 Å². The minimum atomic E-state index is -2.62. The van der Waals surface area contributed by atoms with E-state index in [-0.39, 0.29) is 37.7 Å². The zero-order valence-corrected chi connectivity index (χ0v) is 11.8.